The quantitative estimate of drug-likeness (QED) is 0.535. The van der Waals surface area contributed by atoms with Crippen molar-refractivity contribution in [1.29, 1.82) is 0 Å². The van der Waals surface area contributed by atoms with Crippen LogP contribution in [0.15, 0.2) is 34.9 Å². The van der Waals surface area contributed by atoms with Gasteiger partial charge in [0.1, 0.15) is 6.04 Å². The normalized spacial score (nSPS) is 12.0. The molecule has 0 saturated carbocycles. The van der Waals surface area contributed by atoms with E-state index < -0.39 is 16.9 Å². The predicted octanol–water partition coefficient (Wildman–Crippen LogP) is 2.64. The predicted molar refractivity (Wildman–Crippen MR) is 86.6 cm³/mol. The van der Waals surface area contributed by atoms with Crippen molar-refractivity contribution in [2.45, 2.75) is 32.2 Å². The van der Waals surface area contributed by atoms with Crippen molar-refractivity contribution in [3.8, 4) is 11.3 Å². The van der Waals surface area contributed by atoms with Crippen molar-refractivity contribution in [2.75, 3.05) is 6.54 Å². The van der Waals surface area contributed by atoms with Crippen LogP contribution in [0.4, 0.5) is 5.69 Å². The third-order valence-corrected chi connectivity index (χ3v) is 3.50. The molecule has 1 aromatic carbocycles. The molecule has 8 heteroatoms. The van der Waals surface area contributed by atoms with E-state index in [0.29, 0.717) is 36.6 Å². The number of carbonyl (C=O) groups is 1. The van der Waals surface area contributed by atoms with Crippen LogP contribution in [0.25, 0.3) is 11.3 Å². The van der Waals surface area contributed by atoms with Gasteiger partial charge in [0, 0.05) is 30.7 Å². The van der Waals surface area contributed by atoms with E-state index in [1.165, 1.54) is 18.3 Å². The molecule has 1 atom stereocenters. The van der Waals surface area contributed by atoms with E-state index in [9.17, 15) is 14.9 Å². The van der Waals surface area contributed by atoms with Crippen LogP contribution in [0.2, 0.25) is 0 Å². The van der Waals surface area contributed by atoms with Gasteiger partial charge in [0.2, 0.25) is 0 Å². The van der Waals surface area contributed by atoms with Crippen LogP contribution in [0.1, 0.15) is 25.7 Å². The number of aliphatic carboxylic acids is 1. The highest BCUT2D eigenvalue weighted by Crippen LogP contribution is 2.24. The Morgan fingerprint density at radius 1 is 1.50 bits per heavy atom. The number of hydrogen-bond donors (Lipinski definition) is 2. The van der Waals surface area contributed by atoms with Crippen molar-refractivity contribution in [3.63, 3.8) is 0 Å². The van der Waals surface area contributed by atoms with Gasteiger partial charge in [-0.25, -0.2) is 4.98 Å². The number of nitrogens with one attached hydrogen (secondary N) is 1. The maximum absolute atomic E-state index is 11.1. The largest absolute Gasteiger partial charge is 0.480 e. The molecule has 0 spiro atoms. The third kappa shape index (κ3) is 4.63. The highest BCUT2D eigenvalue weighted by atomic mass is 16.6. The van der Waals surface area contributed by atoms with Crippen molar-refractivity contribution >= 4 is 11.7 Å². The first kappa shape index (κ1) is 17.6. The maximum atomic E-state index is 11.1. The van der Waals surface area contributed by atoms with Crippen LogP contribution in [-0.4, -0.2) is 33.6 Å². The molecule has 0 fully saturated rings. The fraction of sp³-hybridized carbons (Fsp3) is 0.375. The second-order valence-electron chi connectivity index (χ2n) is 5.31. The summed E-state index contributed by atoms with van der Waals surface area (Å²) in [5.74, 6) is 0.0169. The second-order valence-corrected chi connectivity index (χ2v) is 5.31. The topological polar surface area (TPSA) is 119 Å². The first-order valence-corrected chi connectivity index (χ1v) is 7.67. The maximum Gasteiger partial charge on any atom is 0.320 e. The molecule has 128 valence electrons. The fourth-order valence-electron chi connectivity index (χ4n) is 2.29. The molecule has 2 rings (SSSR count). The highest BCUT2D eigenvalue weighted by molar-refractivity contribution is 5.73. The first-order chi connectivity index (χ1) is 11.5. The summed E-state index contributed by atoms with van der Waals surface area (Å²) in [5.41, 5.74) is 0.557. The molecule has 2 N–H and O–H groups in total. The zero-order chi connectivity index (χ0) is 17.5. The van der Waals surface area contributed by atoms with Gasteiger partial charge < -0.3 is 14.8 Å². The van der Waals surface area contributed by atoms with E-state index in [4.69, 9.17) is 9.52 Å². The Balaban J connectivity index is 1.97. The number of carboxylic acid groups (broad SMARTS) is 1. The number of rotatable bonds is 9. The van der Waals surface area contributed by atoms with Gasteiger partial charge in [0.15, 0.2) is 11.7 Å². The molecule has 1 aromatic heterocycles. The van der Waals surface area contributed by atoms with Crippen LogP contribution >= 0.6 is 0 Å². The second kappa shape index (κ2) is 8.21. The van der Waals surface area contributed by atoms with E-state index in [-0.39, 0.29) is 5.69 Å². The minimum absolute atomic E-state index is 0.0176. The Kier molecular flexibility index (Phi) is 6.02. The summed E-state index contributed by atoms with van der Waals surface area (Å²) in [6, 6.07) is 5.53. The zero-order valence-electron chi connectivity index (χ0n) is 13.3. The van der Waals surface area contributed by atoms with Crippen LogP contribution in [-0.2, 0) is 11.2 Å². The third-order valence-electron chi connectivity index (χ3n) is 3.50. The summed E-state index contributed by atoms with van der Waals surface area (Å²) in [6.07, 6.45) is 3.28. The molecule has 0 radical (unpaired) electrons. The standard InChI is InChI=1S/C16H19N3O5/c1-2-4-13(16(20)21)17-8-7-15-18-10-14(24-15)11-5-3-6-12(9-11)19(22)23/h3,5-6,9-10,13,17H,2,4,7-8H2,1H3,(H,20,21). The number of carboxylic acids is 1. The van der Waals surface area contributed by atoms with Gasteiger partial charge in [-0.05, 0) is 6.42 Å². The van der Waals surface area contributed by atoms with Gasteiger partial charge >= 0.3 is 5.97 Å². The molecule has 0 amide bonds. The number of nitrogens with zero attached hydrogens (tertiary/aromatic N) is 2. The van der Waals surface area contributed by atoms with Crippen molar-refractivity contribution in [1.82, 2.24) is 10.3 Å². The number of aromatic nitrogens is 1. The SMILES string of the molecule is CCCC(NCCc1ncc(-c2cccc([N+](=O)[O-])c2)o1)C(=O)O. The van der Waals surface area contributed by atoms with Gasteiger partial charge in [0.05, 0.1) is 11.1 Å². The molecule has 1 unspecified atom stereocenters. The summed E-state index contributed by atoms with van der Waals surface area (Å²) >= 11 is 0. The van der Waals surface area contributed by atoms with Crippen molar-refractivity contribution in [2.24, 2.45) is 0 Å². The fourth-order valence-corrected chi connectivity index (χ4v) is 2.29. The van der Waals surface area contributed by atoms with Gasteiger partial charge in [-0.3, -0.25) is 14.9 Å². The summed E-state index contributed by atoms with van der Waals surface area (Å²) in [6.45, 7) is 2.35. The van der Waals surface area contributed by atoms with E-state index in [1.807, 2.05) is 6.92 Å². The van der Waals surface area contributed by atoms with E-state index >= 15 is 0 Å². The molecule has 8 nitrogen and oxygen atoms in total. The Morgan fingerprint density at radius 2 is 2.29 bits per heavy atom. The van der Waals surface area contributed by atoms with Crippen LogP contribution in [0.3, 0.4) is 0 Å². The highest BCUT2D eigenvalue weighted by Gasteiger charge is 2.16. The number of nitro groups is 1. The Bertz CT molecular complexity index is 713. The van der Waals surface area contributed by atoms with Crippen molar-refractivity contribution < 1.29 is 19.2 Å². The lowest BCUT2D eigenvalue weighted by molar-refractivity contribution is -0.384. The van der Waals surface area contributed by atoms with Gasteiger partial charge in [-0.15, -0.1) is 0 Å². The van der Waals surface area contributed by atoms with Gasteiger partial charge in [0.25, 0.3) is 5.69 Å². The summed E-state index contributed by atoms with van der Waals surface area (Å²) in [7, 11) is 0. The molecule has 1 heterocycles. The average molecular weight is 333 g/mol. The molecule has 0 aliphatic rings. The van der Waals surface area contributed by atoms with Crippen LogP contribution in [0, 0.1) is 10.1 Å². The van der Waals surface area contributed by atoms with Gasteiger partial charge in [-0.2, -0.15) is 0 Å². The number of hydrogen-bond acceptors (Lipinski definition) is 6. The Hall–Kier alpha value is -2.74. The van der Waals surface area contributed by atoms with E-state index in [1.54, 1.807) is 12.1 Å². The summed E-state index contributed by atoms with van der Waals surface area (Å²) < 4.78 is 5.59. The van der Waals surface area contributed by atoms with Crippen LogP contribution in [0.5, 0.6) is 0 Å². The zero-order valence-corrected chi connectivity index (χ0v) is 13.3. The monoisotopic (exact) mass is 333 g/mol. The number of benzene rings is 1. The number of oxazole rings is 1. The lowest BCUT2D eigenvalue weighted by Gasteiger charge is -2.12. The van der Waals surface area contributed by atoms with E-state index in [0.717, 1.165) is 6.42 Å². The smallest absolute Gasteiger partial charge is 0.320 e. The molecular formula is C16H19N3O5. The Labute approximate surface area is 138 Å². The number of nitro benzene ring substituents is 1. The van der Waals surface area contributed by atoms with Gasteiger partial charge in [-0.1, -0.05) is 25.5 Å². The summed E-state index contributed by atoms with van der Waals surface area (Å²) in [4.78, 5) is 25.5. The average Bonchev–Trinajstić information content (AvgIpc) is 3.03. The van der Waals surface area contributed by atoms with Crippen LogP contribution < -0.4 is 5.32 Å². The summed E-state index contributed by atoms with van der Waals surface area (Å²) in [5, 5.41) is 22.8. The Morgan fingerprint density at radius 3 is 2.96 bits per heavy atom. The number of non-ortho nitro benzene ring substituents is 1. The molecule has 0 aliphatic carbocycles. The lowest BCUT2D eigenvalue weighted by atomic mass is 10.1. The molecule has 0 bridgehead atoms. The molecule has 0 aliphatic heterocycles. The lowest BCUT2D eigenvalue weighted by Crippen LogP contribution is -2.37. The molecule has 0 saturated heterocycles. The first-order valence-electron chi connectivity index (χ1n) is 7.67. The molecule has 2 aromatic rings. The molecular weight excluding hydrogens is 314 g/mol. The van der Waals surface area contributed by atoms with Crippen molar-refractivity contribution in [3.05, 3.63) is 46.5 Å². The van der Waals surface area contributed by atoms with E-state index in [2.05, 4.69) is 10.3 Å². The molecule has 24 heavy (non-hydrogen) atoms. The minimum atomic E-state index is -0.874. The minimum Gasteiger partial charge on any atom is -0.480 e.